The fraction of sp³-hybridized carbons (Fsp3) is 0.154. The molecule has 5 aromatic rings. The van der Waals surface area contributed by atoms with E-state index >= 15 is 0 Å². The summed E-state index contributed by atoms with van der Waals surface area (Å²) in [5.74, 6) is 0. The molecule has 0 fully saturated rings. The minimum Gasteiger partial charge on any atom is -0.437 e. The number of aryl methyl sites for hydroxylation is 4. The Morgan fingerprint density at radius 2 is 1.79 bits per heavy atom. The highest BCUT2D eigenvalue weighted by Gasteiger charge is 2.23. The Morgan fingerprint density at radius 1 is 0.931 bits per heavy atom. The zero-order valence-corrected chi connectivity index (χ0v) is 16.2. The molecular weight excluding hydrogens is 356 g/mol. The van der Waals surface area contributed by atoms with E-state index in [0.29, 0.717) is 16.4 Å². The first-order valence-corrected chi connectivity index (χ1v) is 9.38. The third kappa shape index (κ3) is 2.82. The summed E-state index contributed by atoms with van der Waals surface area (Å²) >= 11 is 0. The van der Waals surface area contributed by atoms with E-state index in [1.54, 1.807) is 12.1 Å². The summed E-state index contributed by atoms with van der Waals surface area (Å²) in [4.78, 5) is 4.24. The Balaban J connectivity index is 1.87. The van der Waals surface area contributed by atoms with Crippen molar-refractivity contribution in [3.05, 3.63) is 83.7 Å². The van der Waals surface area contributed by atoms with Crippen LogP contribution in [0.4, 0.5) is 0 Å². The summed E-state index contributed by atoms with van der Waals surface area (Å²) < 4.78 is 55.7. The van der Waals surface area contributed by atoms with Crippen LogP contribution in [-0.4, -0.2) is 4.98 Å². The molecule has 0 aliphatic carbocycles. The van der Waals surface area contributed by atoms with Gasteiger partial charge in [-0.2, -0.15) is 0 Å². The molecule has 0 bridgehead atoms. The van der Waals surface area contributed by atoms with Gasteiger partial charge in [-0.3, -0.25) is 0 Å². The monoisotopic (exact) mass is 385 g/mol. The van der Waals surface area contributed by atoms with Crippen LogP contribution in [0, 0.1) is 20.6 Å². The second kappa shape index (κ2) is 6.56. The molecular formula is C26H23N2O+. The van der Waals surface area contributed by atoms with E-state index in [1.807, 2.05) is 67.2 Å². The van der Waals surface area contributed by atoms with Crippen molar-refractivity contribution in [3.8, 4) is 22.4 Å². The van der Waals surface area contributed by atoms with Gasteiger partial charge in [0.1, 0.15) is 7.05 Å². The molecule has 3 heteroatoms. The molecule has 0 aliphatic heterocycles. The highest BCUT2D eigenvalue weighted by atomic mass is 16.3. The summed E-state index contributed by atoms with van der Waals surface area (Å²) in [6, 6.07) is 18.7. The minimum atomic E-state index is -2.41. The standard InChI is InChI=1S/C26H23N2O/c1-16-14-17(2)24(25-23(16)21-11-10-18(3)27-26(21)29-25)22-15-20(12-13-28(22)4)19-8-6-5-7-9-19/h5-15H,1-4H3/q+1/i1D3,3D3. The van der Waals surface area contributed by atoms with Gasteiger partial charge in [-0.05, 0) is 55.0 Å². The molecule has 29 heavy (non-hydrogen) atoms. The van der Waals surface area contributed by atoms with Gasteiger partial charge in [0.25, 0.3) is 0 Å². The average Bonchev–Trinajstić information content (AvgIpc) is 3.17. The van der Waals surface area contributed by atoms with E-state index in [-0.39, 0.29) is 17.0 Å². The summed E-state index contributed by atoms with van der Waals surface area (Å²) in [7, 11) is 1.92. The molecule has 3 aromatic heterocycles. The molecule has 0 amide bonds. The quantitative estimate of drug-likeness (QED) is 0.345. The molecule has 0 spiro atoms. The maximum Gasteiger partial charge on any atom is 0.227 e. The predicted molar refractivity (Wildman–Crippen MR) is 118 cm³/mol. The molecule has 0 saturated carbocycles. The van der Waals surface area contributed by atoms with Gasteiger partial charge in [-0.1, -0.05) is 36.4 Å². The Morgan fingerprint density at radius 3 is 2.59 bits per heavy atom. The number of benzene rings is 2. The normalized spacial score (nSPS) is 15.4. The fourth-order valence-electron chi connectivity index (χ4n) is 3.91. The van der Waals surface area contributed by atoms with Gasteiger partial charge in [-0.15, -0.1) is 0 Å². The van der Waals surface area contributed by atoms with Gasteiger partial charge in [-0.25, -0.2) is 9.55 Å². The molecule has 0 atom stereocenters. The fourth-order valence-corrected chi connectivity index (χ4v) is 3.91. The lowest BCUT2D eigenvalue weighted by Gasteiger charge is -2.09. The summed E-state index contributed by atoms with van der Waals surface area (Å²) in [5, 5.41) is 0.901. The third-order valence-electron chi connectivity index (χ3n) is 5.32. The average molecular weight is 386 g/mol. The van der Waals surface area contributed by atoms with E-state index < -0.39 is 13.7 Å². The molecule has 5 rings (SSSR count). The lowest BCUT2D eigenvalue weighted by molar-refractivity contribution is -0.660. The molecule has 0 aliphatic rings. The number of rotatable bonds is 2. The molecule has 2 aromatic carbocycles. The lowest BCUT2D eigenvalue weighted by atomic mass is 9.95. The van der Waals surface area contributed by atoms with Crippen molar-refractivity contribution in [1.29, 1.82) is 0 Å². The number of furan rings is 1. The van der Waals surface area contributed by atoms with E-state index in [0.717, 1.165) is 27.9 Å². The van der Waals surface area contributed by atoms with Crippen molar-refractivity contribution in [2.45, 2.75) is 20.6 Å². The molecule has 3 nitrogen and oxygen atoms in total. The maximum absolute atomic E-state index is 8.15. The van der Waals surface area contributed by atoms with Crippen LogP contribution in [0.25, 0.3) is 44.5 Å². The van der Waals surface area contributed by atoms with E-state index in [9.17, 15) is 0 Å². The first kappa shape index (κ1) is 12.2. The molecule has 0 N–H and O–H groups in total. The van der Waals surface area contributed by atoms with Crippen molar-refractivity contribution in [2.75, 3.05) is 0 Å². The largest absolute Gasteiger partial charge is 0.437 e. The Labute approximate surface area is 178 Å². The number of nitrogens with zero attached hydrogens (tertiary/aromatic N) is 2. The third-order valence-corrected chi connectivity index (χ3v) is 5.32. The number of aromatic nitrogens is 2. The highest BCUT2D eigenvalue weighted by molar-refractivity contribution is 6.10. The van der Waals surface area contributed by atoms with Crippen LogP contribution < -0.4 is 4.57 Å². The van der Waals surface area contributed by atoms with Crippen LogP contribution in [-0.2, 0) is 7.05 Å². The minimum absolute atomic E-state index is 0.102. The van der Waals surface area contributed by atoms with Crippen LogP contribution in [0.2, 0.25) is 0 Å². The van der Waals surface area contributed by atoms with Crippen molar-refractivity contribution >= 4 is 22.1 Å². The second-order valence-corrected chi connectivity index (χ2v) is 7.25. The molecule has 142 valence electrons. The van der Waals surface area contributed by atoms with E-state index in [4.69, 9.17) is 12.6 Å². The van der Waals surface area contributed by atoms with Gasteiger partial charge in [0, 0.05) is 36.8 Å². The first-order chi connectivity index (χ1) is 16.4. The van der Waals surface area contributed by atoms with Crippen molar-refractivity contribution in [2.24, 2.45) is 7.05 Å². The second-order valence-electron chi connectivity index (χ2n) is 7.25. The highest BCUT2D eigenvalue weighted by Crippen LogP contribution is 2.39. The Hall–Kier alpha value is -3.46. The van der Waals surface area contributed by atoms with Gasteiger partial charge >= 0.3 is 0 Å². The van der Waals surface area contributed by atoms with Crippen LogP contribution in [0.5, 0.6) is 0 Å². The maximum atomic E-state index is 8.15. The van der Waals surface area contributed by atoms with Gasteiger partial charge in [0.05, 0.1) is 5.56 Å². The Kier molecular flexibility index (Phi) is 2.75. The van der Waals surface area contributed by atoms with Gasteiger partial charge < -0.3 is 4.42 Å². The molecule has 0 saturated heterocycles. The molecule has 3 heterocycles. The Bertz CT molecular complexity index is 1580. The topological polar surface area (TPSA) is 29.9 Å². The SMILES string of the molecule is [2H]C([2H])([2H])c1ccc2c(n1)oc1c(-c3cc(-c4ccccc4)cc[n+]3C)c(C)cc(C([2H])([2H])[2H])c12. The van der Waals surface area contributed by atoms with Gasteiger partial charge in [0.2, 0.25) is 11.4 Å². The summed E-state index contributed by atoms with van der Waals surface area (Å²) in [6.07, 6.45) is 1.95. The number of fused-ring (bicyclic) bond motifs is 3. The smallest absolute Gasteiger partial charge is 0.227 e. The van der Waals surface area contributed by atoms with Crippen molar-refractivity contribution < 1.29 is 17.2 Å². The van der Waals surface area contributed by atoms with Crippen molar-refractivity contribution in [1.82, 2.24) is 4.98 Å². The van der Waals surface area contributed by atoms with Gasteiger partial charge in [0.15, 0.2) is 11.8 Å². The number of hydrogen-bond donors (Lipinski definition) is 0. The molecule has 0 unspecified atom stereocenters. The lowest BCUT2D eigenvalue weighted by Crippen LogP contribution is -2.30. The molecule has 0 radical (unpaired) electrons. The van der Waals surface area contributed by atoms with E-state index in [2.05, 4.69) is 4.98 Å². The number of pyridine rings is 2. The van der Waals surface area contributed by atoms with Crippen LogP contribution in [0.3, 0.4) is 0 Å². The van der Waals surface area contributed by atoms with Crippen LogP contribution in [0.1, 0.15) is 25.0 Å². The number of hydrogen-bond acceptors (Lipinski definition) is 2. The predicted octanol–water partition coefficient (Wildman–Crippen LogP) is 6.06. The van der Waals surface area contributed by atoms with Crippen LogP contribution in [0.15, 0.2) is 71.3 Å². The van der Waals surface area contributed by atoms with Crippen LogP contribution >= 0.6 is 0 Å². The summed E-state index contributed by atoms with van der Waals surface area (Å²) in [6.45, 7) is -2.95. The first-order valence-electron chi connectivity index (χ1n) is 12.4. The van der Waals surface area contributed by atoms with E-state index in [1.165, 1.54) is 6.07 Å². The summed E-state index contributed by atoms with van der Waals surface area (Å²) in [5.41, 5.74) is 4.89. The zero-order valence-electron chi connectivity index (χ0n) is 22.2. The zero-order chi connectivity index (χ0) is 25.1. The van der Waals surface area contributed by atoms with Crippen molar-refractivity contribution in [3.63, 3.8) is 0 Å².